The summed E-state index contributed by atoms with van der Waals surface area (Å²) in [4.78, 5) is 0. The van der Waals surface area contributed by atoms with Gasteiger partial charge in [0.15, 0.2) is 5.79 Å². The molecule has 3 atom stereocenters. The normalized spacial score (nSPS) is 35.4. The van der Waals surface area contributed by atoms with Gasteiger partial charge in [-0.1, -0.05) is 46.3 Å². The van der Waals surface area contributed by atoms with Gasteiger partial charge in [-0.2, -0.15) is 0 Å². The first-order chi connectivity index (χ1) is 8.22. The minimum absolute atomic E-state index is 0.254. The van der Waals surface area contributed by atoms with Gasteiger partial charge in [0.25, 0.3) is 0 Å². The number of benzene rings is 1. The molecule has 3 rings (SSSR count). The lowest BCUT2D eigenvalue weighted by atomic mass is 10.1. The molecule has 0 radical (unpaired) electrons. The maximum atomic E-state index is 5.96. The predicted molar refractivity (Wildman–Crippen MR) is 75.7 cm³/mol. The smallest absolute Gasteiger partial charge is 0.172 e. The Hall–Kier alpha value is 0.160. The summed E-state index contributed by atoms with van der Waals surface area (Å²) in [6, 6.07) is 8.05. The van der Waals surface area contributed by atoms with E-state index in [1.807, 2.05) is 12.1 Å². The van der Waals surface area contributed by atoms with Crippen LogP contribution < -0.4 is 0 Å². The third kappa shape index (κ3) is 2.48. The van der Waals surface area contributed by atoms with Crippen molar-refractivity contribution in [1.29, 1.82) is 0 Å². The van der Waals surface area contributed by atoms with E-state index >= 15 is 0 Å². The molecule has 1 saturated carbocycles. The predicted octanol–water partition coefficient (Wildman–Crippen LogP) is 3.45. The van der Waals surface area contributed by atoms with Crippen molar-refractivity contribution in [3.63, 3.8) is 0 Å². The lowest BCUT2D eigenvalue weighted by molar-refractivity contribution is -0.0927. The van der Waals surface area contributed by atoms with Crippen LogP contribution in [0.3, 0.4) is 0 Å². The van der Waals surface area contributed by atoms with Gasteiger partial charge in [-0.25, -0.2) is 0 Å². The van der Waals surface area contributed by atoms with Crippen LogP contribution in [0.2, 0.25) is 5.02 Å². The van der Waals surface area contributed by atoms with E-state index in [1.165, 1.54) is 5.56 Å². The fourth-order valence-corrected chi connectivity index (χ4v) is 2.96. The largest absolute Gasteiger partial charge is 0.347 e. The third-order valence-corrected chi connectivity index (χ3v) is 4.67. The van der Waals surface area contributed by atoms with Gasteiger partial charge in [0.05, 0.1) is 12.7 Å². The molecule has 1 aromatic carbocycles. The summed E-state index contributed by atoms with van der Waals surface area (Å²) < 4.78 is 12.8. The summed E-state index contributed by atoms with van der Waals surface area (Å²) in [5.41, 5.74) is 1.31. The van der Waals surface area contributed by atoms with Gasteiger partial charge in [-0.3, -0.25) is 0 Å². The van der Waals surface area contributed by atoms with Crippen LogP contribution in [0, 0.1) is 5.92 Å². The van der Waals surface area contributed by atoms with E-state index < -0.39 is 0 Å². The summed E-state index contributed by atoms with van der Waals surface area (Å²) in [6.45, 7) is 0.750. The molecule has 1 heterocycles. The van der Waals surface area contributed by atoms with Crippen LogP contribution in [0.15, 0.2) is 24.3 Å². The Kier molecular flexibility index (Phi) is 3.36. The molecular formula is C13H14ClIO2. The van der Waals surface area contributed by atoms with Crippen LogP contribution in [0.25, 0.3) is 0 Å². The molecule has 1 spiro atoms. The molecule has 1 aromatic rings. The fraction of sp³-hybridized carbons (Fsp3) is 0.538. The highest BCUT2D eigenvalue weighted by Gasteiger charge is 2.61. The van der Waals surface area contributed by atoms with Crippen molar-refractivity contribution in [2.45, 2.75) is 24.7 Å². The Morgan fingerprint density at radius 3 is 2.76 bits per heavy atom. The zero-order valence-corrected chi connectivity index (χ0v) is 12.3. The molecule has 0 amide bonds. The lowest BCUT2D eigenvalue weighted by Crippen LogP contribution is -2.17. The van der Waals surface area contributed by atoms with Crippen LogP contribution in [0.1, 0.15) is 12.0 Å². The average molecular weight is 365 g/mol. The molecule has 0 aromatic heterocycles. The Labute approximate surface area is 120 Å². The molecule has 2 fully saturated rings. The second-order valence-corrected chi connectivity index (χ2v) is 6.07. The van der Waals surface area contributed by atoms with Gasteiger partial charge in [0.2, 0.25) is 0 Å². The van der Waals surface area contributed by atoms with E-state index in [4.69, 9.17) is 21.1 Å². The van der Waals surface area contributed by atoms with Gasteiger partial charge >= 0.3 is 0 Å². The fourth-order valence-electron chi connectivity index (χ4n) is 2.40. The molecule has 4 heteroatoms. The zero-order chi connectivity index (χ0) is 11.9. The Morgan fingerprint density at radius 1 is 1.35 bits per heavy atom. The van der Waals surface area contributed by atoms with Gasteiger partial charge in [-0.15, -0.1) is 0 Å². The van der Waals surface area contributed by atoms with Crippen molar-refractivity contribution < 1.29 is 9.47 Å². The van der Waals surface area contributed by atoms with Crippen LogP contribution in [-0.2, 0) is 15.9 Å². The number of hydrogen-bond donors (Lipinski definition) is 0. The molecule has 2 nitrogen and oxygen atoms in total. The monoisotopic (exact) mass is 364 g/mol. The van der Waals surface area contributed by atoms with E-state index in [9.17, 15) is 0 Å². The lowest BCUT2D eigenvalue weighted by Gasteiger charge is -2.10. The van der Waals surface area contributed by atoms with Gasteiger partial charge in [0.1, 0.15) is 0 Å². The minimum Gasteiger partial charge on any atom is -0.347 e. The number of alkyl halides is 1. The van der Waals surface area contributed by atoms with Crippen molar-refractivity contribution in [1.82, 2.24) is 0 Å². The summed E-state index contributed by atoms with van der Waals surface area (Å²) in [6.07, 6.45) is 2.33. The maximum Gasteiger partial charge on any atom is 0.172 e. The van der Waals surface area contributed by atoms with Crippen molar-refractivity contribution in [2.75, 3.05) is 11.0 Å². The topological polar surface area (TPSA) is 18.5 Å². The summed E-state index contributed by atoms with van der Waals surface area (Å²) in [5.74, 6) is 0.256. The molecular weight excluding hydrogens is 350 g/mol. The molecule has 0 bridgehead atoms. The molecule has 0 N–H and O–H groups in total. The first-order valence-electron chi connectivity index (χ1n) is 5.84. The van der Waals surface area contributed by atoms with E-state index in [-0.39, 0.29) is 11.9 Å². The molecule has 0 unspecified atom stereocenters. The summed E-state index contributed by atoms with van der Waals surface area (Å²) in [5, 5.41) is 0.789. The van der Waals surface area contributed by atoms with Crippen LogP contribution in [0.4, 0.5) is 0 Å². The maximum absolute atomic E-state index is 5.96. The SMILES string of the molecule is Clc1ccc(C[C@@H]2C[C@]23OC[C@@H](CI)O3)cc1. The second-order valence-electron chi connectivity index (χ2n) is 4.75. The van der Waals surface area contributed by atoms with E-state index in [0.717, 1.165) is 28.9 Å². The van der Waals surface area contributed by atoms with Crippen LogP contribution in [-0.4, -0.2) is 22.9 Å². The number of halogens is 2. The van der Waals surface area contributed by atoms with E-state index in [2.05, 4.69) is 34.7 Å². The number of hydrogen-bond acceptors (Lipinski definition) is 2. The molecule has 1 aliphatic carbocycles. The molecule has 2 aliphatic rings. The highest BCUT2D eigenvalue weighted by atomic mass is 127. The number of rotatable bonds is 3. The first kappa shape index (κ1) is 12.2. The highest BCUT2D eigenvalue weighted by Crippen LogP contribution is 2.53. The quantitative estimate of drug-likeness (QED) is 0.604. The number of ether oxygens (including phenoxy) is 2. The first-order valence-corrected chi connectivity index (χ1v) is 7.74. The summed E-state index contributed by atoms with van der Waals surface area (Å²) in [7, 11) is 0. The Morgan fingerprint density at radius 2 is 2.12 bits per heavy atom. The van der Waals surface area contributed by atoms with Crippen molar-refractivity contribution in [2.24, 2.45) is 5.92 Å². The van der Waals surface area contributed by atoms with Gasteiger partial charge < -0.3 is 9.47 Å². The van der Waals surface area contributed by atoms with E-state index in [0.29, 0.717) is 5.92 Å². The molecule has 1 aliphatic heterocycles. The van der Waals surface area contributed by atoms with Crippen molar-refractivity contribution >= 4 is 34.2 Å². The van der Waals surface area contributed by atoms with Gasteiger partial charge in [-0.05, 0) is 24.1 Å². The molecule has 92 valence electrons. The highest BCUT2D eigenvalue weighted by molar-refractivity contribution is 14.1. The average Bonchev–Trinajstić information content (AvgIpc) is 2.81. The van der Waals surface area contributed by atoms with Crippen LogP contribution >= 0.6 is 34.2 Å². The summed E-state index contributed by atoms with van der Waals surface area (Å²) >= 11 is 8.22. The zero-order valence-electron chi connectivity index (χ0n) is 9.36. The standard InChI is InChI=1S/C13H14ClIO2/c14-11-3-1-9(2-4-11)5-10-6-13(10)16-8-12(7-15)17-13/h1-4,10,12H,5-8H2/t10-,12-,13-/m1/s1. The minimum atomic E-state index is -0.254. The van der Waals surface area contributed by atoms with Crippen molar-refractivity contribution in [3.05, 3.63) is 34.9 Å². The molecule has 17 heavy (non-hydrogen) atoms. The Bertz CT molecular complexity index is 408. The van der Waals surface area contributed by atoms with Crippen molar-refractivity contribution in [3.8, 4) is 0 Å². The third-order valence-electron chi connectivity index (χ3n) is 3.44. The van der Waals surface area contributed by atoms with E-state index in [1.54, 1.807) is 0 Å². The second kappa shape index (κ2) is 4.68. The molecule has 1 saturated heterocycles. The van der Waals surface area contributed by atoms with Crippen LogP contribution in [0.5, 0.6) is 0 Å². The Balaban J connectivity index is 1.60. The van der Waals surface area contributed by atoms with Gasteiger partial charge in [0, 0.05) is 21.8 Å².